The van der Waals surface area contributed by atoms with Crippen molar-refractivity contribution in [1.82, 2.24) is 5.32 Å². The predicted octanol–water partition coefficient (Wildman–Crippen LogP) is 22.3. The third-order valence-corrected chi connectivity index (χ3v) is 17.2. The highest BCUT2D eigenvalue weighted by Crippen LogP contribution is 2.38. The Balaban J connectivity index is 3.99. The van der Waals surface area contributed by atoms with Crippen LogP contribution < -0.4 is 10.2 Å². The second-order valence-corrected chi connectivity index (χ2v) is 27.0. The fourth-order valence-corrected chi connectivity index (χ4v) is 11.4. The van der Waals surface area contributed by atoms with Crippen LogP contribution >= 0.6 is 7.82 Å². The Hall–Kier alpha value is -2.06. The van der Waals surface area contributed by atoms with Crippen LogP contribution in [0.5, 0.6) is 0 Å². The van der Waals surface area contributed by atoms with E-state index >= 15 is 0 Å². The van der Waals surface area contributed by atoms with Crippen LogP contribution in [0.1, 0.15) is 341 Å². The summed E-state index contributed by atoms with van der Waals surface area (Å²) in [6.45, 7) is 4.65. The number of rotatable bonds is 66. The molecule has 8 nitrogen and oxygen atoms in total. The van der Waals surface area contributed by atoms with Crippen LogP contribution in [0.2, 0.25) is 0 Å². The van der Waals surface area contributed by atoms with Gasteiger partial charge in [-0.2, -0.15) is 0 Å². The van der Waals surface area contributed by atoms with E-state index < -0.39 is 20.0 Å². The Bertz CT molecular complexity index is 1580. The predicted molar refractivity (Wildman–Crippen MR) is 362 cm³/mol. The molecule has 0 rings (SSSR count). The van der Waals surface area contributed by atoms with Gasteiger partial charge in [0.2, 0.25) is 5.91 Å². The van der Waals surface area contributed by atoms with Gasteiger partial charge in [-0.1, -0.05) is 344 Å². The smallest absolute Gasteiger partial charge is 0.268 e. The standard InChI is InChI=1S/C74H139N2O6P/c1-6-8-10-12-14-16-18-20-22-24-26-28-30-32-33-34-35-36-37-38-39-40-41-42-43-44-46-48-50-52-54-56-58-60-62-64-66-68-74(78)75-72(71-82-83(79,80)81-70-69-76(3,4)5)73(77)67-65-63-61-59-57-55-53-51-49-47-45-31-29-27-25-23-21-19-17-15-13-11-9-7-2/h8,10,14,16,20,22,26,28,32-33,35-36,72-73,77H,6-7,9,11-13,15,17-19,21,23-25,27,29-31,34,37-71H2,1-5H3,(H-,75,78,79,80)/b10-8-,16-14-,22-20-,28-26-,33-32-,36-35-. The summed E-state index contributed by atoms with van der Waals surface area (Å²) in [4.78, 5) is 25.7. The molecular formula is C74H139N2O6P. The maximum Gasteiger partial charge on any atom is 0.268 e. The number of allylic oxidation sites excluding steroid dienone is 12. The van der Waals surface area contributed by atoms with Crippen LogP contribution in [0.25, 0.3) is 0 Å². The number of likely N-dealkylation sites (N-methyl/N-ethyl adjacent to an activating group) is 1. The number of aliphatic hydroxyl groups is 1. The van der Waals surface area contributed by atoms with E-state index in [1.165, 1.54) is 238 Å². The van der Waals surface area contributed by atoms with Crippen molar-refractivity contribution in [1.29, 1.82) is 0 Å². The third-order valence-electron chi connectivity index (χ3n) is 16.2. The molecule has 0 aromatic carbocycles. The molecule has 1 amide bonds. The molecule has 0 saturated carbocycles. The fraction of sp³-hybridized carbons (Fsp3) is 0.824. The fourth-order valence-electron chi connectivity index (χ4n) is 10.7. The molecule has 0 saturated heterocycles. The minimum Gasteiger partial charge on any atom is -0.756 e. The second-order valence-electron chi connectivity index (χ2n) is 25.6. The zero-order valence-corrected chi connectivity index (χ0v) is 56.5. The summed E-state index contributed by atoms with van der Waals surface area (Å²) in [5.41, 5.74) is 0. The summed E-state index contributed by atoms with van der Waals surface area (Å²) in [5.74, 6) is -0.160. The van der Waals surface area contributed by atoms with Gasteiger partial charge in [0.1, 0.15) is 13.2 Å². The Morgan fingerprint density at radius 2 is 0.735 bits per heavy atom. The molecule has 0 aliphatic rings. The first-order valence-electron chi connectivity index (χ1n) is 35.8. The third kappa shape index (κ3) is 67.3. The lowest BCUT2D eigenvalue weighted by Gasteiger charge is -2.30. The molecule has 0 heterocycles. The molecule has 0 fully saturated rings. The van der Waals surface area contributed by atoms with Crippen LogP contribution in [0.4, 0.5) is 0 Å². The Labute approximate surface area is 516 Å². The molecule has 9 heteroatoms. The summed E-state index contributed by atoms with van der Waals surface area (Å²) in [6.07, 6.45) is 89.8. The number of unbranched alkanes of at least 4 members (excludes halogenated alkanes) is 41. The van der Waals surface area contributed by atoms with Crippen molar-refractivity contribution in [2.24, 2.45) is 0 Å². The number of carbonyl (C=O) groups excluding carboxylic acids is 1. The SMILES string of the molecule is CC/C=C\C/C=C\C/C=C\C/C=C\C/C=C\C/C=C\CCCCCCCCCCCCCCCCCCCCC(=O)NC(COP(=O)([O-])OCC[N+](C)(C)C)C(O)CCCCCCCCCCCCCCCCCCCCCCCCCC. The van der Waals surface area contributed by atoms with Gasteiger partial charge in [-0.05, 0) is 64.2 Å². The molecular weight excluding hydrogens is 1040 g/mol. The van der Waals surface area contributed by atoms with Crippen LogP contribution in [0.3, 0.4) is 0 Å². The van der Waals surface area contributed by atoms with Gasteiger partial charge in [0.15, 0.2) is 0 Å². The molecule has 0 bridgehead atoms. The number of phosphoric ester groups is 1. The zero-order chi connectivity index (χ0) is 60.5. The van der Waals surface area contributed by atoms with Gasteiger partial charge in [0.25, 0.3) is 7.82 Å². The van der Waals surface area contributed by atoms with Gasteiger partial charge in [0.05, 0.1) is 39.9 Å². The Morgan fingerprint density at radius 3 is 1.07 bits per heavy atom. The van der Waals surface area contributed by atoms with Gasteiger partial charge >= 0.3 is 0 Å². The molecule has 3 unspecified atom stereocenters. The number of quaternary nitrogens is 1. The van der Waals surface area contributed by atoms with E-state index in [1.54, 1.807) is 0 Å². The lowest BCUT2D eigenvalue weighted by molar-refractivity contribution is -0.870. The van der Waals surface area contributed by atoms with Crippen molar-refractivity contribution in [3.8, 4) is 0 Å². The maximum absolute atomic E-state index is 13.1. The van der Waals surface area contributed by atoms with E-state index in [1.807, 2.05) is 21.1 Å². The molecule has 0 aromatic heterocycles. The highest BCUT2D eigenvalue weighted by atomic mass is 31.2. The summed E-state index contributed by atoms with van der Waals surface area (Å²) in [6, 6.07) is -0.803. The lowest BCUT2D eigenvalue weighted by atomic mass is 10.0. The minimum absolute atomic E-state index is 0.0124. The first-order valence-corrected chi connectivity index (χ1v) is 37.2. The molecule has 486 valence electrons. The quantitative estimate of drug-likeness (QED) is 0.0272. The van der Waals surface area contributed by atoms with Crippen LogP contribution in [0.15, 0.2) is 72.9 Å². The van der Waals surface area contributed by atoms with Gasteiger partial charge < -0.3 is 28.8 Å². The van der Waals surface area contributed by atoms with Crippen LogP contribution in [-0.4, -0.2) is 68.5 Å². The zero-order valence-electron chi connectivity index (χ0n) is 55.6. The van der Waals surface area contributed by atoms with Crippen molar-refractivity contribution < 1.29 is 32.9 Å². The summed E-state index contributed by atoms with van der Waals surface area (Å²) in [5, 5.41) is 14.1. The number of hydrogen-bond donors (Lipinski definition) is 2. The first-order chi connectivity index (χ1) is 40.5. The number of nitrogens with zero attached hydrogens (tertiary/aromatic N) is 1. The van der Waals surface area contributed by atoms with Crippen LogP contribution in [-0.2, 0) is 18.4 Å². The Kier molecular flexibility index (Phi) is 62.8. The molecule has 83 heavy (non-hydrogen) atoms. The van der Waals surface area contributed by atoms with Crippen molar-refractivity contribution in [2.75, 3.05) is 40.9 Å². The van der Waals surface area contributed by atoms with E-state index in [9.17, 15) is 19.4 Å². The van der Waals surface area contributed by atoms with Crippen molar-refractivity contribution in [3.63, 3.8) is 0 Å². The van der Waals surface area contributed by atoms with Gasteiger partial charge in [-0.15, -0.1) is 0 Å². The summed E-state index contributed by atoms with van der Waals surface area (Å²) < 4.78 is 23.5. The van der Waals surface area contributed by atoms with Crippen molar-refractivity contribution in [2.45, 2.75) is 353 Å². The van der Waals surface area contributed by atoms with E-state index in [-0.39, 0.29) is 19.1 Å². The molecule has 2 N–H and O–H groups in total. The average molecular weight is 1180 g/mol. The topological polar surface area (TPSA) is 108 Å². The lowest BCUT2D eigenvalue weighted by Crippen LogP contribution is -2.46. The molecule has 0 aromatic rings. The maximum atomic E-state index is 13.1. The molecule has 0 spiro atoms. The van der Waals surface area contributed by atoms with Gasteiger partial charge in [-0.25, -0.2) is 0 Å². The number of phosphoric acid groups is 1. The number of nitrogens with one attached hydrogen (secondary N) is 1. The average Bonchev–Trinajstić information content (AvgIpc) is 3.50. The number of hydrogen-bond acceptors (Lipinski definition) is 6. The Morgan fingerprint density at radius 1 is 0.434 bits per heavy atom. The second kappa shape index (κ2) is 64.4. The van der Waals surface area contributed by atoms with E-state index in [0.717, 1.165) is 77.0 Å². The monoisotopic (exact) mass is 1180 g/mol. The summed E-state index contributed by atoms with van der Waals surface area (Å²) >= 11 is 0. The summed E-state index contributed by atoms with van der Waals surface area (Å²) in [7, 11) is 1.32. The normalized spacial score (nSPS) is 14.1. The molecule has 3 atom stereocenters. The highest BCUT2D eigenvalue weighted by Gasteiger charge is 2.24. The van der Waals surface area contributed by atoms with Crippen molar-refractivity contribution in [3.05, 3.63) is 72.9 Å². The minimum atomic E-state index is -4.58. The number of amides is 1. The van der Waals surface area contributed by atoms with Gasteiger partial charge in [-0.3, -0.25) is 9.36 Å². The van der Waals surface area contributed by atoms with Crippen molar-refractivity contribution >= 4 is 13.7 Å². The number of aliphatic hydroxyl groups excluding tert-OH is 1. The van der Waals surface area contributed by atoms with E-state index in [4.69, 9.17) is 9.05 Å². The van der Waals surface area contributed by atoms with Gasteiger partial charge in [0, 0.05) is 6.42 Å². The first kappa shape index (κ1) is 80.9. The molecule has 0 radical (unpaired) electrons. The largest absolute Gasteiger partial charge is 0.756 e. The van der Waals surface area contributed by atoms with E-state index in [2.05, 4.69) is 92.1 Å². The number of carbonyl (C=O) groups is 1. The van der Waals surface area contributed by atoms with E-state index in [0.29, 0.717) is 23.9 Å². The molecule has 0 aliphatic heterocycles. The molecule has 0 aliphatic carbocycles. The highest BCUT2D eigenvalue weighted by molar-refractivity contribution is 7.45. The van der Waals surface area contributed by atoms with Crippen LogP contribution in [0, 0.1) is 0 Å².